The third-order valence-corrected chi connectivity index (χ3v) is 6.70. The number of anilines is 1. The number of nitrogens with zero attached hydrogens (tertiary/aromatic N) is 3. The fraction of sp³-hybridized carbons (Fsp3) is 0.200. The lowest BCUT2D eigenvalue weighted by molar-refractivity contribution is -0.118. The molecule has 4 aromatic rings. The van der Waals surface area contributed by atoms with Crippen LogP contribution in [0.1, 0.15) is 18.0 Å². The van der Waals surface area contributed by atoms with Gasteiger partial charge in [0.2, 0.25) is 0 Å². The largest absolute Gasteiger partial charge is 0.382 e. The van der Waals surface area contributed by atoms with E-state index in [0.29, 0.717) is 23.7 Å². The second-order valence-corrected chi connectivity index (χ2v) is 8.67. The van der Waals surface area contributed by atoms with E-state index in [1.807, 2.05) is 29.0 Å². The van der Waals surface area contributed by atoms with E-state index in [-0.39, 0.29) is 16.9 Å². The van der Waals surface area contributed by atoms with E-state index in [4.69, 9.17) is 17.3 Å². The van der Waals surface area contributed by atoms with Crippen LogP contribution >= 0.6 is 11.6 Å². The van der Waals surface area contributed by atoms with Gasteiger partial charge in [-0.2, -0.15) is 0 Å². The number of hydrogen-bond donors (Lipinski definition) is 1. The number of aldehydes is 2. The molecule has 0 spiro atoms. The molecule has 0 radical (unpaired) electrons. The molecule has 6 nitrogen and oxygen atoms in total. The molecule has 33 heavy (non-hydrogen) atoms. The number of nitrogens with two attached hydrogens (primary N) is 1. The van der Waals surface area contributed by atoms with Gasteiger partial charge in [0.15, 0.2) is 0 Å². The molecule has 166 valence electrons. The molecule has 1 aliphatic carbocycles. The van der Waals surface area contributed by atoms with Gasteiger partial charge in [-0.15, -0.1) is 0 Å². The Balaban J connectivity index is 1.46. The molecule has 2 N–H and O–H groups in total. The van der Waals surface area contributed by atoms with Crippen LogP contribution in [0.5, 0.6) is 0 Å². The quantitative estimate of drug-likeness (QED) is 0.331. The van der Waals surface area contributed by atoms with Gasteiger partial charge in [0.05, 0.1) is 28.0 Å². The van der Waals surface area contributed by atoms with Crippen molar-refractivity contribution in [3.8, 4) is 0 Å². The zero-order chi connectivity index (χ0) is 23.1. The SMILES string of the molecule is Nc1nc2cc(CCC3=C[C@@H](n4ccc5cnccc54)[C@@H](C=O)[C@H]3C=O)cc(F)c2cc1Cl. The molecule has 1 aromatic carbocycles. The summed E-state index contributed by atoms with van der Waals surface area (Å²) < 4.78 is 16.7. The molecule has 3 atom stereocenters. The Morgan fingerprint density at radius 1 is 1.15 bits per heavy atom. The van der Waals surface area contributed by atoms with Gasteiger partial charge < -0.3 is 19.9 Å². The summed E-state index contributed by atoms with van der Waals surface area (Å²) in [5, 5.41) is 1.47. The summed E-state index contributed by atoms with van der Waals surface area (Å²) in [7, 11) is 0. The Labute approximate surface area is 193 Å². The Morgan fingerprint density at radius 2 is 2.00 bits per heavy atom. The maximum atomic E-state index is 14.6. The first-order valence-electron chi connectivity index (χ1n) is 10.6. The number of pyridine rings is 2. The highest BCUT2D eigenvalue weighted by molar-refractivity contribution is 6.33. The first-order valence-corrected chi connectivity index (χ1v) is 10.9. The zero-order valence-corrected chi connectivity index (χ0v) is 18.2. The highest BCUT2D eigenvalue weighted by atomic mass is 35.5. The molecule has 0 unspecified atom stereocenters. The van der Waals surface area contributed by atoms with Crippen molar-refractivity contribution in [1.29, 1.82) is 0 Å². The van der Waals surface area contributed by atoms with Crippen molar-refractivity contribution in [2.24, 2.45) is 11.8 Å². The first kappa shape index (κ1) is 21.3. The number of carbonyl (C=O) groups excluding carboxylic acids is 2. The predicted octanol–water partition coefficient (Wildman–Crippen LogP) is 4.70. The van der Waals surface area contributed by atoms with Crippen molar-refractivity contribution in [1.82, 2.24) is 14.5 Å². The Kier molecular flexibility index (Phi) is 5.42. The van der Waals surface area contributed by atoms with Crippen LogP contribution in [-0.4, -0.2) is 27.1 Å². The number of carbonyl (C=O) groups is 2. The summed E-state index contributed by atoms with van der Waals surface area (Å²) in [6.45, 7) is 0. The van der Waals surface area contributed by atoms with Crippen LogP contribution in [0.2, 0.25) is 5.02 Å². The fourth-order valence-electron chi connectivity index (χ4n) is 4.73. The molecule has 5 rings (SSSR count). The minimum atomic E-state index is -0.523. The molecule has 0 aliphatic heterocycles. The standard InChI is InChI=1S/C25H20ClFN4O2/c26-20-10-17-21(27)7-14(8-22(17)30-25(20)28)1-2-15-9-24(19(13-33)18(15)12-32)31-6-4-16-11-29-5-3-23(16)31/h3-13,18-19,24H,1-2H2,(H2,28,30)/t18-,19-,24+/m0/s1. The summed E-state index contributed by atoms with van der Waals surface area (Å²) in [6, 6.07) is 8.25. The van der Waals surface area contributed by atoms with E-state index in [1.165, 1.54) is 12.1 Å². The maximum Gasteiger partial charge on any atom is 0.142 e. The van der Waals surface area contributed by atoms with Crippen LogP contribution in [-0.2, 0) is 16.0 Å². The van der Waals surface area contributed by atoms with Crippen LogP contribution in [0.25, 0.3) is 21.8 Å². The van der Waals surface area contributed by atoms with E-state index in [0.717, 1.165) is 34.6 Å². The molecule has 0 saturated heterocycles. The zero-order valence-electron chi connectivity index (χ0n) is 17.5. The summed E-state index contributed by atoms with van der Waals surface area (Å²) in [4.78, 5) is 32.3. The molecule has 0 amide bonds. The number of hydrogen-bond acceptors (Lipinski definition) is 5. The molecule has 0 bridgehead atoms. The fourth-order valence-corrected chi connectivity index (χ4v) is 4.89. The minimum absolute atomic E-state index is 0.144. The van der Waals surface area contributed by atoms with E-state index >= 15 is 0 Å². The molecule has 3 heterocycles. The van der Waals surface area contributed by atoms with Crippen LogP contribution in [0.4, 0.5) is 10.2 Å². The molecule has 0 fully saturated rings. The van der Waals surface area contributed by atoms with Gasteiger partial charge in [0, 0.05) is 35.3 Å². The summed E-state index contributed by atoms with van der Waals surface area (Å²) in [5.74, 6) is -1.31. The van der Waals surface area contributed by atoms with Gasteiger partial charge in [-0.25, -0.2) is 9.37 Å². The van der Waals surface area contributed by atoms with Gasteiger partial charge in [-0.3, -0.25) is 4.98 Å². The van der Waals surface area contributed by atoms with Crippen LogP contribution in [0.15, 0.2) is 60.6 Å². The van der Waals surface area contributed by atoms with Crippen molar-refractivity contribution < 1.29 is 14.0 Å². The molecular weight excluding hydrogens is 443 g/mol. The van der Waals surface area contributed by atoms with Crippen LogP contribution in [0, 0.1) is 17.7 Å². The molecule has 3 aromatic heterocycles. The lowest BCUT2D eigenvalue weighted by Crippen LogP contribution is -2.22. The average molecular weight is 463 g/mol. The Bertz CT molecular complexity index is 1430. The highest BCUT2D eigenvalue weighted by Crippen LogP contribution is 2.41. The maximum absolute atomic E-state index is 14.6. The number of benzene rings is 1. The van der Waals surface area contributed by atoms with Crippen molar-refractivity contribution >= 4 is 51.8 Å². The lowest BCUT2D eigenvalue weighted by atomic mass is 9.89. The number of fused-ring (bicyclic) bond motifs is 2. The number of nitrogen functional groups attached to an aromatic ring is 1. The second-order valence-electron chi connectivity index (χ2n) is 8.26. The van der Waals surface area contributed by atoms with E-state index in [1.54, 1.807) is 18.5 Å². The lowest BCUT2D eigenvalue weighted by Gasteiger charge is -2.20. The second kappa shape index (κ2) is 8.41. The molecule has 1 aliphatic rings. The molecule has 8 heteroatoms. The third-order valence-electron chi connectivity index (χ3n) is 6.39. The van der Waals surface area contributed by atoms with Gasteiger partial charge in [-0.1, -0.05) is 23.3 Å². The van der Waals surface area contributed by atoms with Crippen LogP contribution < -0.4 is 5.73 Å². The van der Waals surface area contributed by atoms with Crippen LogP contribution in [0.3, 0.4) is 0 Å². The third kappa shape index (κ3) is 3.68. The van der Waals surface area contributed by atoms with Crippen molar-refractivity contribution in [2.45, 2.75) is 18.9 Å². The van der Waals surface area contributed by atoms with E-state index < -0.39 is 17.7 Å². The molecular formula is C25H20ClFN4O2. The van der Waals surface area contributed by atoms with Gasteiger partial charge in [0.1, 0.15) is 24.2 Å². The van der Waals surface area contributed by atoms with E-state index in [9.17, 15) is 14.0 Å². The van der Waals surface area contributed by atoms with Gasteiger partial charge in [0.25, 0.3) is 0 Å². The Morgan fingerprint density at radius 3 is 2.79 bits per heavy atom. The first-order chi connectivity index (χ1) is 16.0. The molecule has 0 saturated carbocycles. The number of rotatable bonds is 6. The minimum Gasteiger partial charge on any atom is -0.382 e. The van der Waals surface area contributed by atoms with E-state index in [2.05, 4.69) is 9.97 Å². The van der Waals surface area contributed by atoms with Gasteiger partial charge >= 0.3 is 0 Å². The monoisotopic (exact) mass is 462 g/mol. The number of halogens is 2. The van der Waals surface area contributed by atoms with Crippen molar-refractivity contribution in [3.63, 3.8) is 0 Å². The smallest absolute Gasteiger partial charge is 0.142 e. The normalized spacial score (nSPS) is 20.3. The number of aromatic nitrogens is 3. The summed E-state index contributed by atoms with van der Waals surface area (Å²) >= 11 is 5.97. The van der Waals surface area contributed by atoms with Crippen molar-refractivity contribution in [3.05, 3.63) is 77.0 Å². The summed E-state index contributed by atoms with van der Waals surface area (Å²) in [5.41, 5.74) is 8.74. The highest BCUT2D eigenvalue weighted by Gasteiger charge is 2.37. The number of aryl methyl sites for hydroxylation is 1. The van der Waals surface area contributed by atoms with Gasteiger partial charge in [-0.05, 0) is 48.7 Å². The average Bonchev–Trinajstić information content (AvgIpc) is 3.39. The predicted molar refractivity (Wildman–Crippen MR) is 125 cm³/mol. The van der Waals surface area contributed by atoms with Crippen molar-refractivity contribution in [2.75, 3.05) is 5.73 Å². The topological polar surface area (TPSA) is 90.9 Å². The summed E-state index contributed by atoms with van der Waals surface area (Å²) in [6.07, 6.45) is 10.1. The Hall–Kier alpha value is -3.58. The number of allylic oxidation sites excluding steroid dienone is 2.